The number of halogens is 2. The van der Waals surface area contributed by atoms with E-state index in [0.717, 1.165) is 6.42 Å². The Morgan fingerprint density at radius 1 is 0.750 bits per heavy atom. The first kappa shape index (κ1) is 37.9. The second-order valence-corrected chi connectivity index (χ2v) is 13.9. The van der Waals surface area contributed by atoms with Crippen LogP contribution in [0.2, 0.25) is 0 Å². The Kier molecular flexibility index (Phi) is 14.5. The van der Waals surface area contributed by atoms with Crippen molar-refractivity contribution in [3.05, 3.63) is 153 Å². The first-order valence-corrected chi connectivity index (χ1v) is 16.3. The van der Waals surface area contributed by atoms with Crippen molar-refractivity contribution in [1.29, 1.82) is 0 Å². The molecule has 6 rings (SSSR count). The molecule has 1 atom stereocenters. The molecule has 0 heterocycles. The smallest absolute Gasteiger partial charge is 1.00 e. The van der Waals surface area contributed by atoms with Gasteiger partial charge in [-0.25, -0.2) is 6.08 Å². The van der Waals surface area contributed by atoms with Crippen molar-refractivity contribution in [3.63, 3.8) is 0 Å². The number of fused-ring (bicyclic) bond motifs is 3. The van der Waals surface area contributed by atoms with Crippen LogP contribution in [-0.2, 0) is 30.7 Å². The van der Waals surface area contributed by atoms with Crippen LogP contribution in [0.4, 0.5) is 0 Å². The number of benzene rings is 4. The van der Waals surface area contributed by atoms with E-state index in [9.17, 15) is 0 Å². The molecule has 0 saturated carbocycles. The maximum absolute atomic E-state index is 3.45. The maximum Gasteiger partial charge on any atom is -1.00 e. The Morgan fingerprint density at radius 2 is 1.27 bits per heavy atom. The molecule has 0 spiro atoms. The second kappa shape index (κ2) is 16.8. The van der Waals surface area contributed by atoms with Crippen molar-refractivity contribution < 1.29 is 49.0 Å². The molecule has 0 fully saturated rings. The van der Waals surface area contributed by atoms with Crippen molar-refractivity contribution in [2.45, 2.75) is 68.2 Å². The van der Waals surface area contributed by atoms with Crippen molar-refractivity contribution in [3.8, 4) is 11.1 Å². The van der Waals surface area contributed by atoms with Gasteiger partial charge in [-0.05, 0) is 18.9 Å². The Hall–Kier alpha value is -2.31. The number of rotatable bonds is 3. The van der Waals surface area contributed by atoms with Crippen LogP contribution in [0.15, 0.2) is 96.6 Å². The zero-order chi connectivity index (χ0) is 30.4. The molecular weight excluding hydrogens is 655 g/mol. The fourth-order valence-corrected chi connectivity index (χ4v) is 6.01. The van der Waals surface area contributed by atoms with E-state index >= 15 is 0 Å². The zero-order valence-corrected chi connectivity index (χ0v) is 31.4. The molecule has 0 radical (unpaired) electrons. The zero-order valence-electron chi connectivity index (χ0n) is 27.4. The van der Waals surface area contributed by atoms with Crippen molar-refractivity contribution in [1.82, 2.24) is 0 Å². The Morgan fingerprint density at radius 3 is 1.75 bits per heavy atom. The van der Waals surface area contributed by atoms with Gasteiger partial charge < -0.3 is 24.8 Å². The van der Waals surface area contributed by atoms with Crippen LogP contribution in [0.5, 0.6) is 0 Å². The SMILES string of the molecule is CCC1[C-]=CC(C(C)(C)C)=C1.Cc1[c-]c2c(cc1)-c1ccc(C)cc1C2.Cc1ccc([C](=[Zr+2])c2ccc(C)cc2)cc1.[Cl-].[Cl-]. The van der Waals surface area contributed by atoms with Gasteiger partial charge in [-0.3, -0.25) is 6.08 Å². The van der Waals surface area contributed by atoms with Crippen LogP contribution < -0.4 is 24.8 Å². The molecule has 0 bridgehead atoms. The van der Waals surface area contributed by atoms with Crippen LogP contribution in [0.1, 0.15) is 78.6 Å². The molecule has 0 N–H and O–H groups in total. The molecule has 2 aliphatic carbocycles. The summed E-state index contributed by atoms with van der Waals surface area (Å²) in [5.74, 6) is 0.573. The minimum absolute atomic E-state index is 0. The standard InChI is InChI=1S/C15H13.C15H14.C11H17.2ClH.Zr/c1-10-3-5-14-12(7-10)9-13-8-11(2)4-6-15(13)14;1-12-3-7-14(8-4-12)11-15-9-5-13(2)6-10-15;1-5-9-6-7-10(8-9)11(2,3)4;;;/h3-7H,9H2,1-2H3;3-10H,1-2H3;7-9H,5H2,1-4H3;2*1H;/q-1;;-1;;;+2/p-2. The van der Waals surface area contributed by atoms with Gasteiger partial charge in [-0.15, -0.1) is 11.1 Å². The van der Waals surface area contributed by atoms with Crippen LogP contribution in [0, 0.1) is 51.2 Å². The third-order valence-corrected chi connectivity index (χ3v) is 9.33. The predicted octanol–water partition coefficient (Wildman–Crippen LogP) is 4.46. The van der Waals surface area contributed by atoms with Crippen molar-refractivity contribution >= 4 is 3.21 Å². The number of aryl methyl sites for hydroxylation is 4. The monoisotopic (exact) mass is 696 g/mol. The molecule has 1 unspecified atom stereocenters. The Bertz CT molecular complexity index is 1500. The summed E-state index contributed by atoms with van der Waals surface area (Å²) in [6.45, 7) is 17.4. The average molecular weight is 699 g/mol. The molecular formula is C41H44Cl2Zr-2. The van der Waals surface area contributed by atoms with Crippen LogP contribution in [-0.4, -0.2) is 3.21 Å². The van der Waals surface area contributed by atoms with Gasteiger partial charge in [0.1, 0.15) is 0 Å². The summed E-state index contributed by atoms with van der Waals surface area (Å²) in [7, 11) is 0. The second-order valence-electron chi connectivity index (χ2n) is 12.7. The Balaban J connectivity index is 0.000000229. The Labute approximate surface area is 294 Å². The van der Waals surface area contributed by atoms with E-state index in [0.29, 0.717) is 11.3 Å². The van der Waals surface area contributed by atoms with Crippen molar-refractivity contribution in [2.24, 2.45) is 11.3 Å². The first-order chi connectivity index (χ1) is 19.9. The van der Waals surface area contributed by atoms with Gasteiger partial charge in [-0.2, -0.15) is 35.4 Å². The molecule has 0 aliphatic heterocycles. The molecule has 2 aliphatic rings. The third kappa shape index (κ3) is 10.1. The number of allylic oxidation sites excluding steroid dienone is 4. The summed E-state index contributed by atoms with van der Waals surface area (Å²) in [5, 5.41) is 0. The fourth-order valence-electron chi connectivity index (χ4n) is 5.19. The molecule has 228 valence electrons. The first-order valence-electron chi connectivity index (χ1n) is 15.1. The molecule has 3 heteroatoms. The van der Waals surface area contributed by atoms with E-state index in [4.69, 9.17) is 0 Å². The average Bonchev–Trinajstić information content (AvgIpc) is 3.58. The largest absolute Gasteiger partial charge is 1.00 e. The summed E-state index contributed by atoms with van der Waals surface area (Å²) in [6.07, 6.45) is 10.1. The van der Waals surface area contributed by atoms with Crippen LogP contribution in [0.25, 0.3) is 11.1 Å². The summed E-state index contributed by atoms with van der Waals surface area (Å²) < 4.78 is 1.42. The van der Waals surface area contributed by atoms with Crippen molar-refractivity contribution in [2.75, 3.05) is 0 Å². The number of hydrogen-bond donors (Lipinski definition) is 0. The molecule has 0 amide bonds. The number of hydrogen-bond acceptors (Lipinski definition) is 0. The topological polar surface area (TPSA) is 0 Å². The third-order valence-electron chi connectivity index (χ3n) is 7.91. The minimum Gasteiger partial charge on any atom is -1.00 e. The van der Waals surface area contributed by atoms with Gasteiger partial charge in [-0.1, -0.05) is 81.7 Å². The predicted molar refractivity (Wildman–Crippen MR) is 178 cm³/mol. The van der Waals surface area contributed by atoms with Gasteiger partial charge in [0, 0.05) is 0 Å². The summed E-state index contributed by atoms with van der Waals surface area (Å²) in [6, 6.07) is 32.1. The molecule has 0 aromatic heterocycles. The quantitative estimate of drug-likeness (QED) is 0.245. The summed E-state index contributed by atoms with van der Waals surface area (Å²) in [5.41, 5.74) is 15.2. The van der Waals surface area contributed by atoms with E-state index in [1.807, 2.05) is 0 Å². The van der Waals surface area contributed by atoms with Crippen LogP contribution in [0.3, 0.4) is 0 Å². The van der Waals surface area contributed by atoms with E-state index in [2.05, 4.69) is 159 Å². The molecule has 4 aromatic carbocycles. The van der Waals surface area contributed by atoms with E-state index in [1.54, 1.807) is 0 Å². The molecule has 0 saturated heterocycles. The summed E-state index contributed by atoms with van der Waals surface area (Å²) >= 11 is 1.46. The van der Waals surface area contributed by atoms with Crippen LogP contribution >= 0.6 is 0 Å². The van der Waals surface area contributed by atoms with Gasteiger partial charge >= 0.3 is 112 Å². The fraction of sp³-hybridized carbons (Fsp3) is 0.293. The maximum atomic E-state index is 3.45. The summed E-state index contributed by atoms with van der Waals surface area (Å²) in [4.78, 5) is 0. The van der Waals surface area contributed by atoms with Gasteiger partial charge in [0.25, 0.3) is 0 Å². The molecule has 4 aromatic rings. The van der Waals surface area contributed by atoms with E-state index in [1.165, 1.54) is 95.1 Å². The van der Waals surface area contributed by atoms with E-state index in [-0.39, 0.29) is 24.8 Å². The van der Waals surface area contributed by atoms with Gasteiger partial charge in [0.2, 0.25) is 0 Å². The molecule has 44 heavy (non-hydrogen) atoms. The normalized spacial score (nSPS) is 14.0. The van der Waals surface area contributed by atoms with Gasteiger partial charge in [0.15, 0.2) is 0 Å². The van der Waals surface area contributed by atoms with E-state index < -0.39 is 0 Å². The minimum atomic E-state index is 0. The molecule has 0 nitrogen and oxygen atoms in total. The van der Waals surface area contributed by atoms with Gasteiger partial charge in [0.05, 0.1) is 0 Å².